The molecule has 5 heteroatoms. The van der Waals surface area contributed by atoms with Gasteiger partial charge in [-0.1, -0.05) is 6.07 Å². The SMILES string of the molecule is CN[C@@H]1CCCN(c2ccnc3[nH]cc(-c4ccccn4)c23)C1. The first-order valence-electron chi connectivity index (χ1n) is 8.16. The molecule has 1 atom stereocenters. The topological polar surface area (TPSA) is 56.8 Å². The van der Waals surface area contributed by atoms with Crippen molar-refractivity contribution in [1.29, 1.82) is 0 Å². The maximum atomic E-state index is 4.51. The van der Waals surface area contributed by atoms with E-state index in [1.165, 1.54) is 23.9 Å². The van der Waals surface area contributed by atoms with E-state index in [1.807, 2.05) is 43.8 Å². The van der Waals surface area contributed by atoms with Crippen LogP contribution in [0.2, 0.25) is 0 Å². The van der Waals surface area contributed by atoms with E-state index in [0.29, 0.717) is 6.04 Å². The lowest BCUT2D eigenvalue weighted by Crippen LogP contribution is -2.44. The van der Waals surface area contributed by atoms with Gasteiger partial charge in [0.25, 0.3) is 0 Å². The second-order valence-electron chi connectivity index (χ2n) is 6.04. The van der Waals surface area contributed by atoms with Crippen LogP contribution in [0.25, 0.3) is 22.3 Å². The number of hydrogen-bond donors (Lipinski definition) is 2. The molecular formula is C18H21N5. The summed E-state index contributed by atoms with van der Waals surface area (Å²) in [5.41, 5.74) is 4.28. The van der Waals surface area contributed by atoms with Crippen molar-refractivity contribution >= 4 is 16.7 Å². The van der Waals surface area contributed by atoms with Crippen LogP contribution in [-0.2, 0) is 0 Å². The Labute approximate surface area is 135 Å². The Morgan fingerprint density at radius 3 is 3.00 bits per heavy atom. The summed E-state index contributed by atoms with van der Waals surface area (Å²) in [5.74, 6) is 0. The normalized spacial score (nSPS) is 18.5. The molecule has 1 fully saturated rings. The third-order valence-corrected chi connectivity index (χ3v) is 4.66. The van der Waals surface area contributed by atoms with Crippen molar-refractivity contribution < 1.29 is 0 Å². The molecule has 118 valence electrons. The van der Waals surface area contributed by atoms with E-state index in [-0.39, 0.29) is 0 Å². The molecule has 2 N–H and O–H groups in total. The Kier molecular flexibility index (Phi) is 3.71. The summed E-state index contributed by atoms with van der Waals surface area (Å²) in [7, 11) is 2.05. The van der Waals surface area contributed by atoms with E-state index in [4.69, 9.17) is 0 Å². The van der Waals surface area contributed by atoms with Crippen molar-refractivity contribution in [1.82, 2.24) is 20.3 Å². The zero-order valence-corrected chi connectivity index (χ0v) is 13.3. The number of piperidine rings is 1. The van der Waals surface area contributed by atoms with Crippen LogP contribution in [-0.4, -0.2) is 41.1 Å². The van der Waals surface area contributed by atoms with Crippen molar-refractivity contribution in [3.05, 3.63) is 42.9 Å². The van der Waals surface area contributed by atoms with Gasteiger partial charge >= 0.3 is 0 Å². The Bertz CT molecular complexity index is 796. The first-order chi connectivity index (χ1) is 11.4. The van der Waals surface area contributed by atoms with Crippen molar-refractivity contribution in [3.63, 3.8) is 0 Å². The van der Waals surface area contributed by atoms with Gasteiger partial charge < -0.3 is 15.2 Å². The van der Waals surface area contributed by atoms with Gasteiger partial charge in [-0.05, 0) is 38.1 Å². The number of hydrogen-bond acceptors (Lipinski definition) is 4. The number of H-pyrrole nitrogens is 1. The molecule has 0 spiro atoms. The number of rotatable bonds is 3. The van der Waals surface area contributed by atoms with Crippen LogP contribution in [0.1, 0.15) is 12.8 Å². The molecule has 0 saturated carbocycles. The van der Waals surface area contributed by atoms with Crippen LogP contribution in [0.15, 0.2) is 42.9 Å². The van der Waals surface area contributed by atoms with Crippen LogP contribution >= 0.6 is 0 Å². The first-order valence-corrected chi connectivity index (χ1v) is 8.16. The molecule has 23 heavy (non-hydrogen) atoms. The van der Waals surface area contributed by atoms with Gasteiger partial charge in [-0.3, -0.25) is 4.98 Å². The van der Waals surface area contributed by atoms with Crippen LogP contribution < -0.4 is 10.2 Å². The maximum Gasteiger partial charge on any atom is 0.140 e. The highest BCUT2D eigenvalue weighted by atomic mass is 15.2. The number of nitrogens with zero attached hydrogens (tertiary/aromatic N) is 3. The van der Waals surface area contributed by atoms with E-state index in [2.05, 4.69) is 31.2 Å². The van der Waals surface area contributed by atoms with Crippen LogP contribution in [0.3, 0.4) is 0 Å². The maximum absolute atomic E-state index is 4.51. The third kappa shape index (κ3) is 2.57. The molecule has 1 aliphatic heterocycles. The lowest BCUT2D eigenvalue weighted by Gasteiger charge is -2.34. The van der Waals surface area contributed by atoms with Gasteiger partial charge in [0.15, 0.2) is 0 Å². The first kappa shape index (κ1) is 14.2. The Morgan fingerprint density at radius 1 is 1.22 bits per heavy atom. The van der Waals surface area contributed by atoms with Gasteiger partial charge in [0, 0.05) is 43.3 Å². The molecule has 0 bridgehead atoms. The Morgan fingerprint density at radius 2 is 2.17 bits per heavy atom. The summed E-state index contributed by atoms with van der Waals surface area (Å²) in [6.45, 7) is 2.12. The predicted molar refractivity (Wildman–Crippen MR) is 93.6 cm³/mol. The molecule has 0 aliphatic carbocycles. The number of aromatic nitrogens is 3. The molecule has 1 aliphatic rings. The molecule has 0 aromatic carbocycles. The quantitative estimate of drug-likeness (QED) is 0.781. The average molecular weight is 307 g/mol. The highest BCUT2D eigenvalue weighted by Crippen LogP contribution is 2.35. The Balaban J connectivity index is 1.82. The summed E-state index contributed by atoms with van der Waals surface area (Å²) in [6.07, 6.45) is 8.19. The van der Waals surface area contributed by atoms with Gasteiger partial charge in [0.2, 0.25) is 0 Å². The molecular weight excluding hydrogens is 286 g/mol. The fourth-order valence-electron chi connectivity index (χ4n) is 3.46. The molecule has 4 rings (SSSR count). The zero-order valence-electron chi connectivity index (χ0n) is 13.3. The minimum Gasteiger partial charge on any atom is -0.369 e. The fourth-order valence-corrected chi connectivity index (χ4v) is 3.46. The van der Waals surface area contributed by atoms with Crippen molar-refractivity contribution in [2.24, 2.45) is 0 Å². The van der Waals surface area contributed by atoms with E-state index in [0.717, 1.165) is 30.0 Å². The highest BCUT2D eigenvalue weighted by Gasteiger charge is 2.22. The van der Waals surface area contributed by atoms with E-state index >= 15 is 0 Å². The Hall–Kier alpha value is -2.40. The number of likely N-dealkylation sites (N-methyl/N-ethyl adjacent to an activating group) is 1. The smallest absolute Gasteiger partial charge is 0.140 e. The summed E-state index contributed by atoms with van der Waals surface area (Å²) in [4.78, 5) is 14.8. The largest absolute Gasteiger partial charge is 0.369 e. The summed E-state index contributed by atoms with van der Waals surface area (Å²) in [5, 5.41) is 4.58. The molecule has 5 nitrogen and oxygen atoms in total. The van der Waals surface area contributed by atoms with Gasteiger partial charge in [-0.25, -0.2) is 4.98 Å². The molecule has 0 unspecified atom stereocenters. The average Bonchev–Trinajstić information content (AvgIpc) is 3.06. The van der Waals surface area contributed by atoms with Crippen LogP contribution in [0.4, 0.5) is 5.69 Å². The van der Waals surface area contributed by atoms with Crippen molar-refractivity contribution in [2.75, 3.05) is 25.0 Å². The van der Waals surface area contributed by atoms with Crippen LogP contribution in [0, 0.1) is 0 Å². The number of fused-ring (bicyclic) bond motifs is 1. The second-order valence-corrected chi connectivity index (χ2v) is 6.04. The molecule has 3 aromatic rings. The van der Waals surface area contributed by atoms with Gasteiger partial charge in [-0.2, -0.15) is 0 Å². The van der Waals surface area contributed by atoms with Crippen LogP contribution in [0.5, 0.6) is 0 Å². The summed E-state index contributed by atoms with van der Waals surface area (Å²) in [6, 6.07) is 8.69. The number of aromatic amines is 1. The van der Waals surface area contributed by atoms with Gasteiger partial charge in [0.05, 0.1) is 16.8 Å². The molecule has 3 aromatic heterocycles. The minimum atomic E-state index is 0.546. The monoisotopic (exact) mass is 307 g/mol. The highest BCUT2D eigenvalue weighted by molar-refractivity contribution is 6.01. The number of nitrogens with one attached hydrogen (secondary N) is 2. The van der Waals surface area contributed by atoms with Gasteiger partial charge in [-0.15, -0.1) is 0 Å². The van der Waals surface area contributed by atoms with Crippen molar-refractivity contribution in [2.45, 2.75) is 18.9 Å². The zero-order chi connectivity index (χ0) is 15.6. The lowest BCUT2D eigenvalue weighted by molar-refractivity contribution is 0.450. The summed E-state index contributed by atoms with van der Waals surface area (Å²) >= 11 is 0. The van der Waals surface area contributed by atoms with Gasteiger partial charge in [0.1, 0.15) is 5.65 Å². The summed E-state index contributed by atoms with van der Waals surface area (Å²) < 4.78 is 0. The standard InChI is InChI=1S/C18H21N5/c1-19-13-5-4-10-23(12-13)16-7-9-21-18-17(16)14(11-22-18)15-6-2-3-8-20-15/h2-3,6-9,11,13,19H,4-5,10,12H2,1H3,(H,21,22)/t13-/m1/s1. The second kappa shape index (κ2) is 6.01. The lowest BCUT2D eigenvalue weighted by atomic mass is 10.0. The predicted octanol–water partition coefficient (Wildman–Crippen LogP) is 2.81. The molecule has 1 saturated heterocycles. The van der Waals surface area contributed by atoms with E-state index in [9.17, 15) is 0 Å². The van der Waals surface area contributed by atoms with E-state index in [1.54, 1.807) is 0 Å². The minimum absolute atomic E-state index is 0.546. The number of pyridine rings is 2. The molecule has 0 radical (unpaired) electrons. The third-order valence-electron chi connectivity index (χ3n) is 4.66. The van der Waals surface area contributed by atoms with E-state index < -0.39 is 0 Å². The fraction of sp³-hybridized carbons (Fsp3) is 0.333. The molecule has 0 amide bonds. The number of anilines is 1. The van der Waals surface area contributed by atoms with Crippen molar-refractivity contribution in [3.8, 4) is 11.3 Å². The molecule has 4 heterocycles.